The predicted octanol–water partition coefficient (Wildman–Crippen LogP) is -0.757. The molecular formula is C15H20O11. The Morgan fingerprint density at radius 1 is 0.654 bits per heavy atom. The van der Waals surface area contributed by atoms with Gasteiger partial charge in [0.25, 0.3) is 0 Å². The summed E-state index contributed by atoms with van der Waals surface area (Å²) in [5, 5.41) is 0. The molecule has 1 aliphatic rings. The van der Waals surface area contributed by atoms with E-state index >= 15 is 0 Å². The van der Waals surface area contributed by atoms with E-state index in [1.54, 1.807) is 0 Å². The summed E-state index contributed by atoms with van der Waals surface area (Å²) >= 11 is 0. The Kier molecular flexibility index (Phi) is 7.50. The van der Waals surface area contributed by atoms with Crippen LogP contribution < -0.4 is 0 Å². The van der Waals surface area contributed by atoms with Crippen LogP contribution in [0.15, 0.2) is 0 Å². The molecule has 0 bridgehead atoms. The van der Waals surface area contributed by atoms with Crippen LogP contribution in [0.5, 0.6) is 0 Å². The maximum atomic E-state index is 12.0. The van der Waals surface area contributed by atoms with Crippen molar-refractivity contribution in [3.8, 4) is 0 Å². The number of ether oxygens (including phenoxy) is 6. The van der Waals surface area contributed by atoms with Crippen molar-refractivity contribution in [3.05, 3.63) is 0 Å². The Morgan fingerprint density at radius 2 is 1.08 bits per heavy atom. The number of methoxy groups -OCH3 is 1. The smallest absolute Gasteiger partial charge is 0.339 e. The monoisotopic (exact) mass is 376 g/mol. The lowest BCUT2D eigenvalue weighted by Gasteiger charge is -2.42. The summed E-state index contributed by atoms with van der Waals surface area (Å²) in [6, 6.07) is 0. The largest absolute Gasteiger partial charge is 0.467 e. The van der Waals surface area contributed by atoms with Crippen LogP contribution in [-0.4, -0.2) is 67.7 Å². The zero-order valence-electron chi connectivity index (χ0n) is 14.9. The van der Waals surface area contributed by atoms with Crippen LogP contribution in [0.1, 0.15) is 27.7 Å². The van der Waals surface area contributed by atoms with Crippen molar-refractivity contribution in [2.75, 3.05) is 7.11 Å². The molecule has 0 aromatic heterocycles. The van der Waals surface area contributed by atoms with E-state index in [-0.39, 0.29) is 0 Å². The Morgan fingerprint density at radius 3 is 1.50 bits per heavy atom. The molecular weight excluding hydrogens is 356 g/mol. The van der Waals surface area contributed by atoms with Gasteiger partial charge in [0.2, 0.25) is 12.4 Å². The van der Waals surface area contributed by atoms with Gasteiger partial charge in [-0.1, -0.05) is 0 Å². The normalized spacial score (nSPS) is 27.7. The fourth-order valence-electron chi connectivity index (χ4n) is 2.34. The van der Waals surface area contributed by atoms with Crippen molar-refractivity contribution in [1.29, 1.82) is 0 Å². The zero-order chi connectivity index (χ0) is 20.0. The minimum Gasteiger partial charge on any atom is -0.467 e. The fraction of sp³-hybridized carbons (Fsp3) is 0.667. The average molecular weight is 376 g/mol. The lowest BCUT2D eigenvalue weighted by molar-refractivity contribution is -0.294. The minimum absolute atomic E-state index is 0.814. The van der Waals surface area contributed by atoms with E-state index in [0.29, 0.717) is 0 Å². The summed E-state index contributed by atoms with van der Waals surface area (Å²) in [6.45, 7) is 4.22. The molecule has 0 saturated carbocycles. The first kappa shape index (κ1) is 21.4. The minimum atomic E-state index is -1.60. The quantitative estimate of drug-likeness (QED) is 0.441. The van der Waals surface area contributed by atoms with Gasteiger partial charge in [0, 0.05) is 27.7 Å². The highest BCUT2D eigenvalue weighted by atomic mass is 16.7. The van der Waals surface area contributed by atoms with Crippen LogP contribution in [0.3, 0.4) is 0 Å². The molecule has 1 heterocycles. The number of esters is 5. The van der Waals surface area contributed by atoms with Gasteiger partial charge in [-0.15, -0.1) is 0 Å². The molecule has 0 spiro atoms. The van der Waals surface area contributed by atoms with Crippen molar-refractivity contribution in [2.45, 2.75) is 58.4 Å². The topological polar surface area (TPSA) is 141 Å². The van der Waals surface area contributed by atoms with Crippen LogP contribution in [0.2, 0.25) is 0 Å². The molecule has 1 fully saturated rings. The number of carbonyl (C=O) groups is 5. The van der Waals surface area contributed by atoms with E-state index in [2.05, 4.69) is 4.74 Å². The third-order valence-electron chi connectivity index (χ3n) is 3.12. The van der Waals surface area contributed by atoms with Crippen LogP contribution in [0, 0.1) is 0 Å². The summed E-state index contributed by atoms with van der Waals surface area (Å²) in [4.78, 5) is 57.7. The summed E-state index contributed by atoms with van der Waals surface area (Å²) in [7, 11) is 1.05. The van der Waals surface area contributed by atoms with Crippen molar-refractivity contribution in [1.82, 2.24) is 0 Å². The van der Waals surface area contributed by atoms with E-state index in [1.807, 2.05) is 0 Å². The van der Waals surface area contributed by atoms with E-state index in [9.17, 15) is 24.0 Å². The predicted molar refractivity (Wildman–Crippen MR) is 79.1 cm³/mol. The van der Waals surface area contributed by atoms with Gasteiger partial charge >= 0.3 is 29.8 Å². The van der Waals surface area contributed by atoms with Gasteiger partial charge in [-0.2, -0.15) is 0 Å². The molecule has 146 valence electrons. The molecule has 11 nitrogen and oxygen atoms in total. The standard InChI is InChI=1S/C15H20O11/c1-6(16)22-10-11(23-7(2)17)13(24-8(3)18)15(25-9(4)19)26-12(10)14(20)21-5/h10-13,15H,1-5H3/t10-,11?,12?,13-,15+/m0/s1. The molecule has 0 aliphatic carbocycles. The first-order valence-corrected chi connectivity index (χ1v) is 7.49. The highest BCUT2D eigenvalue weighted by Gasteiger charge is 2.56. The molecule has 1 saturated heterocycles. The third kappa shape index (κ3) is 5.69. The lowest BCUT2D eigenvalue weighted by atomic mass is 9.97. The first-order chi connectivity index (χ1) is 12.1. The van der Waals surface area contributed by atoms with E-state index in [1.165, 1.54) is 0 Å². The second-order valence-corrected chi connectivity index (χ2v) is 5.28. The first-order valence-electron chi connectivity index (χ1n) is 7.49. The summed E-state index contributed by atoms with van der Waals surface area (Å²) in [5.74, 6) is -4.25. The lowest BCUT2D eigenvalue weighted by Crippen LogP contribution is -2.64. The third-order valence-corrected chi connectivity index (χ3v) is 3.12. The van der Waals surface area contributed by atoms with Crippen molar-refractivity contribution in [2.24, 2.45) is 0 Å². The molecule has 0 radical (unpaired) electrons. The number of carbonyl (C=O) groups excluding carboxylic acids is 5. The van der Waals surface area contributed by atoms with Gasteiger partial charge < -0.3 is 28.4 Å². The second-order valence-electron chi connectivity index (χ2n) is 5.28. The molecule has 1 aliphatic heterocycles. The van der Waals surface area contributed by atoms with Crippen LogP contribution in [0.25, 0.3) is 0 Å². The fourth-order valence-corrected chi connectivity index (χ4v) is 2.34. The van der Waals surface area contributed by atoms with Crippen LogP contribution in [-0.2, 0) is 52.4 Å². The molecule has 11 heteroatoms. The summed E-state index contributed by atoms with van der Waals surface area (Å²) in [5.41, 5.74) is 0. The number of rotatable bonds is 5. The van der Waals surface area contributed by atoms with Gasteiger partial charge in [-0.05, 0) is 0 Å². The maximum Gasteiger partial charge on any atom is 0.339 e. The van der Waals surface area contributed by atoms with Crippen LogP contribution >= 0.6 is 0 Å². The highest BCUT2D eigenvalue weighted by Crippen LogP contribution is 2.30. The molecule has 1 rings (SSSR count). The van der Waals surface area contributed by atoms with Gasteiger partial charge in [-0.3, -0.25) is 19.2 Å². The second kappa shape index (κ2) is 9.13. The average Bonchev–Trinajstić information content (AvgIpc) is 2.50. The van der Waals surface area contributed by atoms with Gasteiger partial charge in [-0.25, -0.2) is 4.79 Å². The number of hydrogen-bond donors (Lipinski definition) is 0. The highest BCUT2D eigenvalue weighted by molar-refractivity contribution is 5.77. The molecule has 0 N–H and O–H groups in total. The maximum absolute atomic E-state index is 12.0. The van der Waals surface area contributed by atoms with Crippen molar-refractivity contribution < 1.29 is 52.4 Å². The molecule has 5 atom stereocenters. The molecule has 2 unspecified atom stereocenters. The van der Waals surface area contributed by atoms with Gasteiger partial charge in [0.05, 0.1) is 7.11 Å². The van der Waals surface area contributed by atoms with Gasteiger partial charge in [0.1, 0.15) is 0 Å². The molecule has 26 heavy (non-hydrogen) atoms. The Balaban J connectivity index is 3.37. The summed E-state index contributed by atoms with van der Waals surface area (Å²) in [6.07, 6.45) is -7.66. The Labute approximate surface area is 148 Å². The van der Waals surface area contributed by atoms with Crippen LogP contribution in [0.4, 0.5) is 0 Å². The van der Waals surface area contributed by atoms with Gasteiger partial charge in [0.15, 0.2) is 18.3 Å². The van der Waals surface area contributed by atoms with Crippen molar-refractivity contribution in [3.63, 3.8) is 0 Å². The van der Waals surface area contributed by atoms with E-state index in [4.69, 9.17) is 23.7 Å². The molecule has 0 aromatic rings. The molecule has 0 amide bonds. The zero-order valence-corrected chi connectivity index (χ0v) is 14.9. The van der Waals surface area contributed by atoms with Crippen molar-refractivity contribution >= 4 is 29.8 Å². The molecule has 0 aromatic carbocycles. The van der Waals surface area contributed by atoms with E-state index < -0.39 is 60.6 Å². The summed E-state index contributed by atoms with van der Waals surface area (Å²) < 4.78 is 30.0. The van der Waals surface area contributed by atoms with E-state index in [0.717, 1.165) is 34.8 Å². The Bertz CT molecular complexity index is 584. The number of hydrogen-bond acceptors (Lipinski definition) is 11. The Hall–Kier alpha value is -2.69. The SMILES string of the molecule is COC(=O)C1O[C@@H](OC(C)=O)[C@@H](OC(C)=O)C(OC(C)=O)[C@@H]1OC(C)=O.